The predicted octanol–water partition coefficient (Wildman–Crippen LogP) is 2.40. The number of primary amides is 1. The van der Waals surface area contributed by atoms with Gasteiger partial charge in [-0.15, -0.1) is 0 Å². The molecule has 0 bridgehead atoms. The van der Waals surface area contributed by atoms with Crippen LogP contribution in [0.4, 0.5) is 4.39 Å². The first-order valence-electron chi connectivity index (χ1n) is 7.39. The number of nitrogens with two attached hydrogens (primary N) is 1. The molecule has 1 unspecified atom stereocenters. The first-order valence-corrected chi connectivity index (χ1v) is 7.39. The highest BCUT2D eigenvalue weighted by molar-refractivity contribution is 5.92. The molecule has 0 aliphatic heterocycles. The molecule has 0 aromatic heterocycles. The smallest absolute Gasteiger partial charge is 0.248 e. The van der Waals surface area contributed by atoms with Crippen molar-refractivity contribution in [3.8, 4) is 0 Å². The Balaban J connectivity index is 2.22. The molecule has 4 nitrogen and oxygen atoms in total. The number of carbonyl (C=O) groups excluding carboxylic acids is 1. The lowest BCUT2D eigenvalue weighted by Crippen LogP contribution is -2.28. The van der Waals surface area contributed by atoms with Crippen LogP contribution in [-0.2, 0) is 6.54 Å². The minimum atomic E-state index is -0.656. The lowest BCUT2D eigenvalue weighted by Gasteiger charge is -2.28. The summed E-state index contributed by atoms with van der Waals surface area (Å²) >= 11 is 0. The molecule has 2 aromatic carbocycles. The van der Waals surface area contributed by atoms with Crippen molar-refractivity contribution >= 4 is 5.91 Å². The van der Waals surface area contributed by atoms with E-state index in [2.05, 4.69) is 0 Å². The summed E-state index contributed by atoms with van der Waals surface area (Å²) in [6, 6.07) is 11.8. The largest absolute Gasteiger partial charge is 0.394 e. The number of aliphatic hydroxyl groups is 1. The van der Waals surface area contributed by atoms with Gasteiger partial charge in [-0.05, 0) is 37.2 Å². The molecule has 5 heteroatoms. The van der Waals surface area contributed by atoms with Crippen molar-refractivity contribution in [2.45, 2.75) is 19.5 Å². The summed E-state index contributed by atoms with van der Waals surface area (Å²) < 4.78 is 14.1. The van der Waals surface area contributed by atoms with E-state index in [1.807, 2.05) is 43.1 Å². The SMILES string of the molecule is Cc1ccccc1C(CO)N(C)Cc1ccc(C(N)=O)cc1F. The number of hydrogen-bond acceptors (Lipinski definition) is 3. The quantitative estimate of drug-likeness (QED) is 0.860. The second-order valence-electron chi connectivity index (χ2n) is 5.64. The number of nitrogens with zero attached hydrogens (tertiary/aromatic N) is 1. The number of likely N-dealkylation sites (N-methyl/N-ethyl adjacent to an activating group) is 1. The molecule has 122 valence electrons. The summed E-state index contributed by atoms with van der Waals surface area (Å²) in [7, 11) is 1.83. The van der Waals surface area contributed by atoms with Gasteiger partial charge in [0.15, 0.2) is 0 Å². The van der Waals surface area contributed by atoms with Crippen molar-refractivity contribution in [3.05, 3.63) is 70.5 Å². The van der Waals surface area contributed by atoms with Gasteiger partial charge in [0.25, 0.3) is 0 Å². The van der Waals surface area contributed by atoms with Crippen LogP contribution in [0.5, 0.6) is 0 Å². The lowest BCUT2D eigenvalue weighted by atomic mass is 10.00. The van der Waals surface area contributed by atoms with E-state index in [1.165, 1.54) is 6.07 Å². The van der Waals surface area contributed by atoms with Gasteiger partial charge >= 0.3 is 0 Å². The highest BCUT2D eigenvalue weighted by Gasteiger charge is 2.19. The van der Waals surface area contributed by atoms with Gasteiger partial charge < -0.3 is 10.8 Å². The summed E-state index contributed by atoms with van der Waals surface area (Å²) in [6.07, 6.45) is 0. The Bertz CT molecular complexity index is 703. The number of hydrogen-bond donors (Lipinski definition) is 2. The molecule has 1 amide bonds. The van der Waals surface area contributed by atoms with Crippen molar-refractivity contribution in [1.82, 2.24) is 4.90 Å². The molecule has 0 saturated carbocycles. The Kier molecular flexibility index (Phi) is 5.47. The minimum absolute atomic E-state index is 0.0671. The Hall–Kier alpha value is -2.24. The molecule has 1 atom stereocenters. The predicted molar refractivity (Wildman–Crippen MR) is 87.4 cm³/mol. The van der Waals surface area contributed by atoms with Gasteiger partial charge in [0.1, 0.15) is 5.82 Å². The third-order valence-electron chi connectivity index (χ3n) is 4.01. The molecule has 0 heterocycles. The number of carbonyl (C=O) groups is 1. The Labute approximate surface area is 135 Å². The maximum Gasteiger partial charge on any atom is 0.248 e. The van der Waals surface area contributed by atoms with Gasteiger partial charge in [-0.25, -0.2) is 4.39 Å². The molecule has 0 aliphatic carbocycles. The van der Waals surface area contributed by atoms with Crippen LogP contribution in [0.1, 0.15) is 33.1 Å². The van der Waals surface area contributed by atoms with E-state index in [0.717, 1.165) is 17.2 Å². The van der Waals surface area contributed by atoms with Crippen LogP contribution in [0.25, 0.3) is 0 Å². The Morgan fingerprint density at radius 1 is 1.30 bits per heavy atom. The monoisotopic (exact) mass is 316 g/mol. The number of halogens is 1. The van der Waals surface area contributed by atoms with Crippen LogP contribution in [0.15, 0.2) is 42.5 Å². The van der Waals surface area contributed by atoms with Crippen LogP contribution in [0.2, 0.25) is 0 Å². The molecular formula is C18H21FN2O2. The highest BCUT2D eigenvalue weighted by Crippen LogP contribution is 2.24. The summed E-state index contributed by atoms with van der Waals surface area (Å²) in [5.41, 5.74) is 7.82. The van der Waals surface area contributed by atoms with Crippen molar-refractivity contribution in [2.75, 3.05) is 13.7 Å². The molecule has 2 rings (SSSR count). The molecule has 0 aliphatic rings. The van der Waals surface area contributed by atoms with Crippen LogP contribution in [0.3, 0.4) is 0 Å². The topological polar surface area (TPSA) is 66.6 Å². The molecule has 0 saturated heterocycles. The van der Waals surface area contributed by atoms with E-state index in [4.69, 9.17) is 5.73 Å². The molecule has 0 fully saturated rings. The molecule has 2 aromatic rings. The Morgan fingerprint density at radius 3 is 2.57 bits per heavy atom. The van der Waals surface area contributed by atoms with Gasteiger partial charge in [-0.1, -0.05) is 30.3 Å². The number of benzene rings is 2. The Morgan fingerprint density at radius 2 is 2.00 bits per heavy atom. The second kappa shape index (κ2) is 7.35. The number of aliphatic hydroxyl groups excluding tert-OH is 1. The summed E-state index contributed by atoms with van der Waals surface area (Å²) in [6.45, 7) is 2.22. The van der Waals surface area contributed by atoms with Crippen LogP contribution >= 0.6 is 0 Å². The molecular weight excluding hydrogens is 295 g/mol. The minimum Gasteiger partial charge on any atom is -0.394 e. The average molecular weight is 316 g/mol. The summed E-state index contributed by atoms with van der Waals surface area (Å²) in [5, 5.41) is 9.74. The fourth-order valence-electron chi connectivity index (χ4n) is 2.64. The number of aryl methyl sites for hydroxylation is 1. The highest BCUT2D eigenvalue weighted by atomic mass is 19.1. The van der Waals surface area contributed by atoms with Crippen molar-refractivity contribution in [3.63, 3.8) is 0 Å². The fraction of sp³-hybridized carbons (Fsp3) is 0.278. The van der Waals surface area contributed by atoms with E-state index in [0.29, 0.717) is 12.1 Å². The van der Waals surface area contributed by atoms with Crippen molar-refractivity contribution < 1.29 is 14.3 Å². The van der Waals surface area contributed by atoms with Gasteiger partial charge in [0, 0.05) is 17.7 Å². The second-order valence-corrected chi connectivity index (χ2v) is 5.64. The van der Waals surface area contributed by atoms with E-state index >= 15 is 0 Å². The zero-order chi connectivity index (χ0) is 17.0. The van der Waals surface area contributed by atoms with E-state index in [-0.39, 0.29) is 18.2 Å². The van der Waals surface area contributed by atoms with Gasteiger partial charge in [-0.3, -0.25) is 9.69 Å². The first kappa shape index (κ1) is 17.1. The van der Waals surface area contributed by atoms with Crippen molar-refractivity contribution in [1.29, 1.82) is 0 Å². The van der Waals surface area contributed by atoms with Crippen molar-refractivity contribution in [2.24, 2.45) is 5.73 Å². The summed E-state index contributed by atoms with van der Waals surface area (Å²) in [4.78, 5) is 13.0. The van der Waals surface area contributed by atoms with Gasteiger partial charge in [0.05, 0.1) is 12.6 Å². The standard InChI is InChI=1S/C18H21FN2O2/c1-12-5-3-4-6-15(12)17(11-22)21(2)10-14-8-7-13(18(20)23)9-16(14)19/h3-9,17,22H,10-11H2,1-2H3,(H2,20,23). The zero-order valence-corrected chi connectivity index (χ0v) is 13.3. The van der Waals surface area contributed by atoms with E-state index in [9.17, 15) is 14.3 Å². The van der Waals surface area contributed by atoms with Gasteiger partial charge in [0.2, 0.25) is 5.91 Å². The lowest BCUT2D eigenvalue weighted by molar-refractivity contribution is 0.1000. The number of amides is 1. The van der Waals surface area contributed by atoms with Crippen LogP contribution in [-0.4, -0.2) is 29.6 Å². The number of rotatable bonds is 6. The van der Waals surface area contributed by atoms with E-state index in [1.54, 1.807) is 6.07 Å². The van der Waals surface area contributed by atoms with E-state index < -0.39 is 11.7 Å². The molecule has 0 radical (unpaired) electrons. The first-order chi connectivity index (χ1) is 10.9. The maximum atomic E-state index is 14.1. The van der Waals surface area contributed by atoms with Gasteiger partial charge in [-0.2, -0.15) is 0 Å². The zero-order valence-electron chi connectivity index (χ0n) is 13.3. The third kappa shape index (κ3) is 3.94. The van der Waals surface area contributed by atoms with Crippen LogP contribution in [0, 0.1) is 12.7 Å². The fourth-order valence-corrected chi connectivity index (χ4v) is 2.64. The third-order valence-corrected chi connectivity index (χ3v) is 4.01. The van der Waals surface area contributed by atoms with Crippen LogP contribution < -0.4 is 5.73 Å². The molecule has 0 spiro atoms. The normalized spacial score (nSPS) is 12.4. The summed E-state index contributed by atoms with van der Waals surface area (Å²) in [5.74, 6) is -1.13. The maximum absolute atomic E-state index is 14.1. The molecule has 3 N–H and O–H groups in total. The average Bonchev–Trinajstić information content (AvgIpc) is 2.51. The molecule has 23 heavy (non-hydrogen) atoms.